The second-order valence-electron chi connectivity index (χ2n) is 6.90. The number of piperidine rings is 1. The Labute approximate surface area is 112 Å². The van der Waals surface area contributed by atoms with Crippen LogP contribution in [0.5, 0.6) is 0 Å². The van der Waals surface area contributed by atoms with Gasteiger partial charge in [0.25, 0.3) is 0 Å². The molecular formula is C15H29NO2. The van der Waals surface area contributed by atoms with Crippen molar-refractivity contribution in [2.45, 2.75) is 47.5 Å². The molecule has 0 bridgehead atoms. The van der Waals surface area contributed by atoms with Gasteiger partial charge < -0.3 is 10.0 Å². The number of aliphatic hydroxyl groups is 1. The van der Waals surface area contributed by atoms with Crippen molar-refractivity contribution in [1.29, 1.82) is 0 Å². The molecule has 2 atom stereocenters. The number of carbonyl (C=O) groups is 1. The first-order valence-electron chi connectivity index (χ1n) is 7.17. The van der Waals surface area contributed by atoms with Crippen LogP contribution in [0.3, 0.4) is 0 Å². The van der Waals surface area contributed by atoms with Crippen LogP contribution in [-0.2, 0) is 4.79 Å². The zero-order chi connectivity index (χ0) is 13.9. The van der Waals surface area contributed by atoms with Crippen LogP contribution in [0.1, 0.15) is 47.5 Å². The number of hydrogen-bond acceptors (Lipinski definition) is 2. The second kappa shape index (κ2) is 6.05. The highest BCUT2D eigenvalue weighted by Crippen LogP contribution is 2.37. The van der Waals surface area contributed by atoms with E-state index in [4.69, 9.17) is 5.11 Å². The predicted molar refractivity (Wildman–Crippen MR) is 74.2 cm³/mol. The van der Waals surface area contributed by atoms with Crippen LogP contribution in [0.2, 0.25) is 0 Å². The lowest BCUT2D eigenvalue weighted by molar-refractivity contribution is -0.138. The Bertz CT molecular complexity index is 275. The molecule has 1 fully saturated rings. The smallest absolute Gasteiger partial charge is 0.227 e. The Kier molecular flexibility index (Phi) is 5.20. The molecule has 0 aliphatic carbocycles. The van der Waals surface area contributed by atoms with Gasteiger partial charge in [0.1, 0.15) is 0 Å². The van der Waals surface area contributed by atoms with Gasteiger partial charge in [0.05, 0.1) is 12.5 Å². The highest BCUT2D eigenvalue weighted by atomic mass is 16.3. The van der Waals surface area contributed by atoms with Gasteiger partial charge in [-0.15, -0.1) is 0 Å². The molecule has 1 saturated heterocycles. The maximum Gasteiger partial charge on any atom is 0.227 e. The van der Waals surface area contributed by atoms with Gasteiger partial charge >= 0.3 is 0 Å². The van der Waals surface area contributed by atoms with E-state index < -0.39 is 0 Å². The van der Waals surface area contributed by atoms with Gasteiger partial charge in [0, 0.05) is 13.1 Å². The predicted octanol–water partition coefficient (Wildman–Crippen LogP) is 2.54. The second-order valence-corrected chi connectivity index (χ2v) is 6.90. The highest BCUT2D eigenvalue weighted by molar-refractivity contribution is 5.78. The lowest BCUT2D eigenvalue weighted by atomic mass is 9.71. The van der Waals surface area contributed by atoms with Crippen LogP contribution in [0.15, 0.2) is 0 Å². The summed E-state index contributed by atoms with van der Waals surface area (Å²) in [6.45, 7) is 12.7. The van der Waals surface area contributed by atoms with Gasteiger partial charge in [0.15, 0.2) is 0 Å². The molecule has 0 aromatic heterocycles. The average Bonchev–Trinajstić information content (AvgIpc) is 2.35. The topological polar surface area (TPSA) is 40.5 Å². The van der Waals surface area contributed by atoms with Gasteiger partial charge in [-0.05, 0) is 30.1 Å². The quantitative estimate of drug-likeness (QED) is 0.842. The molecule has 0 spiro atoms. The molecule has 1 amide bonds. The minimum Gasteiger partial charge on any atom is -0.396 e. The molecule has 0 saturated carbocycles. The van der Waals surface area contributed by atoms with E-state index >= 15 is 0 Å². The number of likely N-dealkylation sites (tertiary alicyclic amines) is 1. The lowest BCUT2D eigenvalue weighted by Crippen LogP contribution is -2.44. The molecule has 18 heavy (non-hydrogen) atoms. The van der Waals surface area contributed by atoms with Crippen molar-refractivity contribution in [3.05, 3.63) is 0 Å². The van der Waals surface area contributed by atoms with Crippen molar-refractivity contribution in [1.82, 2.24) is 4.90 Å². The highest BCUT2D eigenvalue weighted by Gasteiger charge is 2.32. The summed E-state index contributed by atoms with van der Waals surface area (Å²) in [5.74, 6) is 1.27. The van der Waals surface area contributed by atoms with Gasteiger partial charge in [-0.25, -0.2) is 0 Å². The zero-order valence-corrected chi connectivity index (χ0v) is 12.6. The van der Waals surface area contributed by atoms with Crippen molar-refractivity contribution in [3.63, 3.8) is 0 Å². The van der Waals surface area contributed by atoms with E-state index in [1.807, 2.05) is 4.90 Å². The first kappa shape index (κ1) is 15.5. The number of amides is 1. The molecule has 1 heterocycles. The van der Waals surface area contributed by atoms with Crippen LogP contribution in [0, 0.1) is 23.2 Å². The third-order valence-corrected chi connectivity index (χ3v) is 4.62. The molecule has 0 unspecified atom stereocenters. The van der Waals surface area contributed by atoms with E-state index in [0.29, 0.717) is 11.3 Å². The first-order valence-corrected chi connectivity index (χ1v) is 7.17. The Morgan fingerprint density at radius 2 is 1.78 bits per heavy atom. The van der Waals surface area contributed by atoms with E-state index in [0.717, 1.165) is 31.8 Å². The third kappa shape index (κ3) is 3.71. The number of nitrogens with zero attached hydrogens (tertiary/aromatic N) is 1. The standard InChI is InChI=1S/C15H29NO2/c1-11(10-17)14(18)16-8-6-13(7-9-16)12(2)15(3,4)5/h11-13,17H,6-10H2,1-5H3/t11-,12-/m1/s1. The van der Waals surface area contributed by atoms with Gasteiger partial charge in [-0.2, -0.15) is 0 Å². The van der Waals surface area contributed by atoms with Crippen LogP contribution in [-0.4, -0.2) is 35.6 Å². The van der Waals surface area contributed by atoms with E-state index in [-0.39, 0.29) is 18.4 Å². The van der Waals surface area contributed by atoms with Gasteiger partial charge in [0.2, 0.25) is 5.91 Å². The van der Waals surface area contributed by atoms with Crippen molar-refractivity contribution in [2.24, 2.45) is 23.2 Å². The fourth-order valence-corrected chi connectivity index (χ4v) is 2.72. The number of rotatable bonds is 3. The lowest BCUT2D eigenvalue weighted by Gasteiger charge is -2.40. The molecule has 3 heteroatoms. The largest absolute Gasteiger partial charge is 0.396 e. The Morgan fingerprint density at radius 1 is 1.28 bits per heavy atom. The first-order chi connectivity index (χ1) is 8.27. The molecule has 1 rings (SSSR count). The minimum absolute atomic E-state index is 0.0445. The molecule has 106 valence electrons. The van der Waals surface area contributed by atoms with E-state index in [1.165, 1.54) is 0 Å². The van der Waals surface area contributed by atoms with E-state index in [2.05, 4.69) is 27.7 Å². The molecule has 0 aromatic carbocycles. The number of carbonyl (C=O) groups excluding carboxylic acids is 1. The van der Waals surface area contributed by atoms with Crippen molar-refractivity contribution in [2.75, 3.05) is 19.7 Å². The summed E-state index contributed by atoms with van der Waals surface area (Å²) in [6.07, 6.45) is 2.20. The Hall–Kier alpha value is -0.570. The summed E-state index contributed by atoms with van der Waals surface area (Å²) in [5, 5.41) is 9.04. The zero-order valence-electron chi connectivity index (χ0n) is 12.6. The summed E-state index contributed by atoms with van der Waals surface area (Å²) in [7, 11) is 0. The van der Waals surface area contributed by atoms with Crippen molar-refractivity contribution >= 4 is 5.91 Å². The summed E-state index contributed by atoms with van der Waals surface area (Å²) in [4.78, 5) is 13.9. The third-order valence-electron chi connectivity index (χ3n) is 4.62. The molecule has 1 aliphatic rings. The summed E-state index contributed by atoms with van der Waals surface area (Å²) < 4.78 is 0. The number of aliphatic hydroxyl groups excluding tert-OH is 1. The van der Waals surface area contributed by atoms with E-state index in [9.17, 15) is 4.79 Å². The number of hydrogen-bond donors (Lipinski definition) is 1. The Morgan fingerprint density at radius 3 is 2.17 bits per heavy atom. The van der Waals surface area contributed by atoms with Crippen LogP contribution in [0.4, 0.5) is 0 Å². The molecule has 1 aliphatic heterocycles. The van der Waals surface area contributed by atoms with Gasteiger partial charge in [-0.3, -0.25) is 4.79 Å². The normalized spacial score (nSPS) is 21.8. The van der Waals surface area contributed by atoms with Crippen molar-refractivity contribution in [3.8, 4) is 0 Å². The molecule has 3 nitrogen and oxygen atoms in total. The fourth-order valence-electron chi connectivity index (χ4n) is 2.72. The molecule has 0 aromatic rings. The monoisotopic (exact) mass is 255 g/mol. The van der Waals surface area contributed by atoms with Crippen molar-refractivity contribution < 1.29 is 9.90 Å². The average molecular weight is 255 g/mol. The van der Waals surface area contributed by atoms with Crippen LogP contribution in [0.25, 0.3) is 0 Å². The van der Waals surface area contributed by atoms with Crippen LogP contribution < -0.4 is 0 Å². The summed E-state index contributed by atoms with van der Waals surface area (Å²) >= 11 is 0. The molecular weight excluding hydrogens is 226 g/mol. The van der Waals surface area contributed by atoms with E-state index in [1.54, 1.807) is 6.92 Å². The minimum atomic E-state index is -0.249. The fraction of sp³-hybridized carbons (Fsp3) is 0.933. The maximum absolute atomic E-state index is 12.0. The maximum atomic E-state index is 12.0. The molecule has 0 radical (unpaired) electrons. The Balaban J connectivity index is 2.49. The SMILES string of the molecule is C[C@H](CO)C(=O)N1CCC([C@@H](C)C(C)(C)C)CC1. The molecule has 1 N–H and O–H groups in total. The van der Waals surface area contributed by atoms with Crippen LogP contribution >= 0.6 is 0 Å². The van der Waals surface area contributed by atoms with Gasteiger partial charge in [-0.1, -0.05) is 34.6 Å². The summed E-state index contributed by atoms with van der Waals surface area (Å²) in [5.41, 5.74) is 0.342. The summed E-state index contributed by atoms with van der Waals surface area (Å²) in [6, 6.07) is 0.